The second-order valence-corrected chi connectivity index (χ2v) is 31.8. The van der Waals surface area contributed by atoms with Gasteiger partial charge in [-0.3, -0.25) is 0 Å². The molecule has 10 rings (SSSR count). The van der Waals surface area contributed by atoms with E-state index in [9.17, 15) is 0 Å². The molecular weight excluding hydrogens is 1440 g/mol. The van der Waals surface area contributed by atoms with Crippen LogP contribution in [0.5, 0.6) is 0 Å². The van der Waals surface area contributed by atoms with Crippen LogP contribution >= 0.6 is 0 Å². The largest absolute Gasteiger partial charge is 0.303 e. The molecule has 2 heteroatoms. The zero-order valence-electron chi connectivity index (χ0n) is 56.0. The van der Waals surface area contributed by atoms with Gasteiger partial charge >= 0.3 is 0 Å². The average molecular weight is 1550 g/mol. The quantitative estimate of drug-likeness (QED) is 0.107. The van der Waals surface area contributed by atoms with Gasteiger partial charge in [-0.2, -0.15) is 26.7 Å². The van der Waals surface area contributed by atoms with Gasteiger partial charge < -0.3 is 11.8 Å². The standard InChI is InChI=1S/C16H23.C16H22.C16H23.C16H22.C15H18.CH4.2U/c2*1-11-9-12-10-13(15(2,3)4)7-8-14(12)16(11,5)6;2*1-11-9-12-7-8-13(15(2,3)4)10-14(12)16(11,5)6;1-10-8-12-9-13(15(3,4)5)6-7-14(12)11(10)2;;;/h7-8,10H,9H2,1-6H3;7-8,10H,1,9H2,2-6H3;7-8,10H,9H2,1-6H3;7-8,10H,1,9H2,2-6H3;6-7,9H,1-2,8H2,3-5H3;1H4;;/q-1;;-1;;;;;. The van der Waals surface area contributed by atoms with Gasteiger partial charge in [0.05, 0.1) is 0 Å². The Labute approximate surface area is 553 Å². The Morgan fingerprint density at radius 3 is 1.15 bits per heavy atom. The minimum Gasteiger partial charge on any atom is -0.303 e. The number of hydrogen-bond donors (Lipinski definition) is 0. The summed E-state index contributed by atoms with van der Waals surface area (Å²) in [5, 5.41) is 0. The van der Waals surface area contributed by atoms with E-state index < -0.39 is 0 Å². The zero-order valence-corrected chi connectivity index (χ0v) is 64.4. The number of allylic oxidation sites excluding steroid dienone is 4. The molecule has 0 unspecified atom stereocenters. The predicted molar refractivity (Wildman–Crippen MR) is 357 cm³/mol. The fraction of sp³-hybridized carbons (Fsp3) is 0.500. The number of fused-ring (bicyclic) bond motifs is 5. The van der Waals surface area contributed by atoms with Crippen molar-refractivity contribution >= 4 is 5.57 Å². The van der Waals surface area contributed by atoms with Crippen LogP contribution in [-0.4, -0.2) is 0 Å². The summed E-state index contributed by atoms with van der Waals surface area (Å²) in [5.41, 5.74) is 28.8. The van der Waals surface area contributed by atoms with Crippen LogP contribution in [0.4, 0.5) is 0 Å². The number of hydrogen-bond acceptors (Lipinski definition) is 0. The van der Waals surface area contributed by atoms with Gasteiger partial charge in [0.2, 0.25) is 0 Å². The first-order valence-corrected chi connectivity index (χ1v) is 29.9. The molecule has 5 aromatic rings. The maximum absolute atomic E-state index is 4.21. The van der Waals surface area contributed by atoms with Crippen molar-refractivity contribution < 1.29 is 62.2 Å². The van der Waals surface area contributed by atoms with Crippen LogP contribution in [0.15, 0.2) is 134 Å². The molecule has 442 valence electrons. The molecule has 0 heterocycles. The molecule has 0 radical (unpaired) electrons. The van der Waals surface area contributed by atoms with Crippen molar-refractivity contribution in [3.8, 4) is 0 Å². The van der Waals surface area contributed by atoms with E-state index in [1.807, 2.05) is 0 Å². The van der Waals surface area contributed by atoms with Gasteiger partial charge in [0, 0.05) is 73.1 Å². The summed E-state index contributed by atoms with van der Waals surface area (Å²) in [4.78, 5) is 0. The van der Waals surface area contributed by atoms with Gasteiger partial charge in [0.1, 0.15) is 0 Å². The molecule has 5 aliphatic carbocycles. The van der Waals surface area contributed by atoms with Gasteiger partial charge in [-0.1, -0.05) is 317 Å². The fourth-order valence-corrected chi connectivity index (χ4v) is 12.0. The smallest absolute Gasteiger partial charge is 0.0109 e. The van der Waals surface area contributed by atoms with E-state index in [0.717, 1.165) is 43.3 Å². The third-order valence-electron chi connectivity index (χ3n) is 19.3. The molecule has 0 aromatic heterocycles. The molecule has 0 atom stereocenters. The first-order valence-electron chi connectivity index (χ1n) is 29.9. The van der Waals surface area contributed by atoms with Crippen molar-refractivity contribution in [2.24, 2.45) is 0 Å². The van der Waals surface area contributed by atoms with Crippen molar-refractivity contribution in [2.75, 3.05) is 0 Å². The summed E-state index contributed by atoms with van der Waals surface area (Å²) in [6.07, 6.45) is 5.39. The molecule has 0 aliphatic heterocycles. The minimum absolute atomic E-state index is 0. The molecular formula is C80H112U2-2. The molecule has 5 aliphatic rings. The Kier molecular flexibility index (Phi) is 23.2. The third kappa shape index (κ3) is 15.8. The van der Waals surface area contributed by atoms with E-state index in [1.54, 1.807) is 11.8 Å². The molecule has 0 saturated heterocycles. The van der Waals surface area contributed by atoms with Gasteiger partial charge in [-0.15, -0.1) is 10.8 Å². The maximum Gasteiger partial charge on any atom is 0.0109 e. The van der Waals surface area contributed by atoms with Crippen LogP contribution < -0.4 is 0 Å². The SMILES string of the molecule is C.C=C1Cc2cc(C(C)(C)C)ccc2C1(C)C.C=C1Cc2cc(C(C)(C)C)ccc2C1=C.C=C1Cc2ccc(C(C)(C)C)cc2C1(C)C.C[C-]1Cc2cc(C(C)(C)C)ccc2C1(C)C.C[C-]1Cc2ccc(C(C)(C)C)cc2C1(C)C.[U].[U]. The van der Waals surface area contributed by atoms with E-state index in [0.29, 0.717) is 0 Å². The minimum atomic E-state index is 0. The molecule has 0 spiro atoms. The maximum atomic E-state index is 4.21. The predicted octanol–water partition coefficient (Wildman–Crippen LogP) is 22.3. The van der Waals surface area contributed by atoms with Gasteiger partial charge in [-0.05, 0) is 119 Å². The van der Waals surface area contributed by atoms with E-state index in [4.69, 9.17) is 0 Å². The summed E-state index contributed by atoms with van der Waals surface area (Å²) in [5.74, 6) is 3.18. The first kappa shape index (κ1) is 73.4. The van der Waals surface area contributed by atoms with Crippen LogP contribution in [0.25, 0.3) is 5.57 Å². The number of benzene rings is 5. The molecule has 0 bridgehead atoms. The summed E-state index contributed by atoms with van der Waals surface area (Å²) in [7, 11) is 0. The summed E-state index contributed by atoms with van der Waals surface area (Å²) >= 11 is 0. The fourth-order valence-electron chi connectivity index (χ4n) is 12.0. The van der Waals surface area contributed by atoms with Crippen LogP contribution in [0.1, 0.15) is 264 Å². The monoisotopic (exact) mass is 1550 g/mol. The van der Waals surface area contributed by atoms with Crippen LogP contribution in [0.2, 0.25) is 0 Å². The first-order chi connectivity index (χ1) is 35.8. The third-order valence-corrected chi connectivity index (χ3v) is 19.3. The Morgan fingerprint density at radius 2 is 0.683 bits per heavy atom. The second kappa shape index (κ2) is 25.9. The van der Waals surface area contributed by atoms with Crippen molar-refractivity contribution in [1.82, 2.24) is 0 Å². The molecule has 0 saturated carbocycles. The Bertz CT molecular complexity index is 3130. The van der Waals surface area contributed by atoms with E-state index >= 15 is 0 Å². The molecule has 5 aromatic carbocycles. The Hall–Kier alpha value is -2.84. The van der Waals surface area contributed by atoms with Gasteiger partial charge in [0.25, 0.3) is 0 Å². The van der Waals surface area contributed by atoms with Crippen LogP contribution in [-0.2, 0) is 80.8 Å². The Balaban J connectivity index is 0.000000267. The summed E-state index contributed by atoms with van der Waals surface area (Å²) in [6, 6.07) is 34.7. The van der Waals surface area contributed by atoms with E-state index in [2.05, 4.69) is 290 Å². The molecule has 0 N–H and O–H groups in total. The molecule has 82 heavy (non-hydrogen) atoms. The normalized spacial score (nSPS) is 17.9. The molecule has 0 nitrogen and oxygen atoms in total. The van der Waals surface area contributed by atoms with Crippen molar-refractivity contribution in [3.05, 3.63) is 229 Å². The van der Waals surface area contributed by atoms with Crippen molar-refractivity contribution in [2.45, 2.75) is 261 Å². The molecule has 0 amide bonds. The van der Waals surface area contributed by atoms with Gasteiger partial charge in [0.15, 0.2) is 0 Å². The van der Waals surface area contributed by atoms with E-state index in [-0.39, 0.29) is 118 Å². The van der Waals surface area contributed by atoms with Crippen LogP contribution in [0.3, 0.4) is 0 Å². The van der Waals surface area contributed by atoms with Gasteiger partial charge in [-0.25, -0.2) is 0 Å². The second-order valence-electron chi connectivity index (χ2n) is 31.8. The van der Waals surface area contributed by atoms with Crippen molar-refractivity contribution in [1.29, 1.82) is 0 Å². The average Bonchev–Trinajstić information content (AvgIpc) is 3.98. The topological polar surface area (TPSA) is 0 Å². The van der Waals surface area contributed by atoms with E-state index in [1.165, 1.54) is 94.6 Å². The molecule has 0 fully saturated rings. The van der Waals surface area contributed by atoms with Crippen molar-refractivity contribution in [3.63, 3.8) is 0 Å². The number of rotatable bonds is 0. The Morgan fingerprint density at radius 1 is 0.354 bits per heavy atom. The summed E-state index contributed by atoms with van der Waals surface area (Å²) < 4.78 is 0. The van der Waals surface area contributed by atoms with Crippen LogP contribution in [0, 0.1) is 74.1 Å². The zero-order chi connectivity index (χ0) is 59.8. The summed E-state index contributed by atoms with van der Waals surface area (Å²) in [6.45, 7) is 73.7.